The number of aromatic nitrogens is 2. The minimum absolute atomic E-state index is 0.161. The van der Waals surface area contributed by atoms with Crippen LogP contribution in [-0.4, -0.2) is 22.0 Å². The molecule has 0 bridgehead atoms. The van der Waals surface area contributed by atoms with E-state index in [1.165, 1.54) is 5.57 Å². The van der Waals surface area contributed by atoms with Crippen molar-refractivity contribution in [2.45, 2.75) is 59.9 Å². The minimum Gasteiger partial charge on any atom is -0.359 e. The molecule has 1 aliphatic rings. The molecule has 188 valence electrons. The van der Waals surface area contributed by atoms with Gasteiger partial charge in [0, 0.05) is 53.0 Å². The van der Waals surface area contributed by atoms with Crippen LogP contribution in [0.3, 0.4) is 0 Å². The van der Waals surface area contributed by atoms with Crippen LogP contribution in [0.25, 0.3) is 22.0 Å². The van der Waals surface area contributed by atoms with E-state index < -0.39 is 0 Å². The topological polar surface area (TPSA) is 58.9 Å². The van der Waals surface area contributed by atoms with Crippen LogP contribution in [0, 0.1) is 0 Å². The summed E-state index contributed by atoms with van der Waals surface area (Å²) in [7, 11) is 0. The zero-order valence-electron chi connectivity index (χ0n) is 21.8. The van der Waals surface area contributed by atoms with Gasteiger partial charge >= 0.3 is 0 Å². The van der Waals surface area contributed by atoms with Gasteiger partial charge in [0.05, 0.1) is 16.1 Å². The molecule has 0 radical (unpaired) electrons. The molecular weight excluding hydrogens is 468 g/mol. The van der Waals surface area contributed by atoms with Crippen LogP contribution in [0.1, 0.15) is 69.6 Å². The summed E-state index contributed by atoms with van der Waals surface area (Å²) in [5.74, 6) is -0.161. The van der Waals surface area contributed by atoms with Crippen molar-refractivity contribution in [1.82, 2.24) is 20.2 Å². The summed E-state index contributed by atoms with van der Waals surface area (Å²) in [5, 5.41) is 7.79. The summed E-state index contributed by atoms with van der Waals surface area (Å²) in [5.41, 5.74) is 8.59. The number of rotatable bonds is 8. The molecule has 6 heteroatoms. The normalized spacial score (nSPS) is 13.9. The molecule has 2 aromatic heterocycles. The summed E-state index contributed by atoms with van der Waals surface area (Å²) >= 11 is 6.71. The molecule has 1 aliphatic heterocycles. The summed E-state index contributed by atoms with van der Waals surface area (Å²) in [6.07, 6.45) is 8.77. The molecule has 2 N–H and O–H groups in total. The second-order valence-electron chi connectivity index (χ2n) is 9.66. The van der Waals surface area contributed by atoms with Crippen LogP contribution >= 0.6 is 11.6 Å². The summed E-state index contributed by atoms with van der Waals surface area (Å²) < 4.78 is 2.12. The molecule has 0 unspecified atom stereocenters. The molecule has 0 saturated heterocycles. The Labute approximate surface area is 219 Å². The average molecular weight is 503 g/mol. The fraction of sp³-hybridized carbons (Fsp3) is 0.333. The van der Waals surface area contributed by atoms with E-state index in [9.17, 15) is 4.79 Å². The molecule has 1 amide bonds. The zero-order chi connectivity index (χ0) is 26.0. The number of benzene rings is 1. The molecule has 1 aromatic carbocycles. The van der Waals surface area contributed by atoms with Crippen LogP contribution in [0.15, 0.2) is 71.9 Å². The van der Waals surface area contributed by atoms with Crippen LogP contribution < -0.4 is 10.6 Å². The highest BCUT2D eigenvalue weighted by Gasteiger charge is 2.21. The number of fused-ring (bicyclic) bond motifs is 1. The predicted molar refractivity (Wildman–Crippen MR) is 150 cm³/mol. The Morgan fingerprint density at radius 1 is 1.22 bits per heavy atom. The van der Waals surface area contributed by atoms with Crippen molar-refractivity contribution in [3.8, 4) is 11.1 Å². The molecule has 0 fully saturated rings. The quantitative estimate of drug-likeness (QED) is 0.338. The van der Waals surface area contributed by atoms with Gasteiger partial charge in [-0.3, -0.25) is 9.78 Å². The molecule has 0 aliphatic carbocycles. The average Bonchev–Trinajstić information content (AvgIpc) is 3.19. The number of halogens is 1. The largest absolute Gasteiger partial charge is 0.359 e. The van der Waals surface area contributed by atoms with Gasteiger partial charge < -0.3 is 15.2 Å². The third-order valence-electron chi connectivity index (χ3n) is 6.64. The van der Waals surface area contributed by atoms with Gasteiger partial charge in [-0.05, 0) is 74.6 Å². The molecule has 0 saturated carbocycles. The van der Waals surface area contributed by atoms with Crippen molar-refractivity contribution in [1.29, 1.82) is 0 Å². The molecule has 3 heterocycles. The van der Waals surface area contributed by atoms with E-state index in [4.69, 9.17) is 11.6 Å². The zero-order valence-corrected chi connectivity index (χ0v) is 22.6. The van der Waals surface area contributed by atoms with E-state index in [0.29, 0.717) is 17.1 Å². The highest BCUT2D eigenvalue weighted by Crippen LogP contribution is 2.35. The maximum atomic E-state index is 13.7. The Hall–Kier alpha value is -3.31. The molecule has 0 spiro atoms. The minimum atomic E-state index is -0.161. The first-order chi connectivity index (χ1) is 17.2. The summed E-state index contributed by atoms with van der Waals surface area (Å²) in [6, 6.07) is 8.32. The fourth-order valence-electron chi connectivity index (χ4n) is 4.78. The number of pyridine rings is 1. The Kier molecular flexibility index (Phi) is 7.70. The maximum absolute atomic E-state index is 13.7. The second-order valence-corrected chi connectivity index (χ2v) is 10.1. The van der Waals surface area contributed by atoms with E-state index >= 15 is 0 Å². The third-order valence-corrected chi connectivity index (χ3v) is 6.93. The van der Waals surface area contributed by atoms with Gasteiger partial charge in [-0.15, -0.1) is 0 Å². The van der Waals surface area contributed by atoms with Crippen molar-refractivity contribution in [2.24, 2.45) is 0 Å². The lowest BCUT2D eigenvalue weighted by atomic mass is 9.96. The highest BCUT2D eigenvalue weighted by molar-refractivity contribution is 6.37. The number of carbonyl (C=O) groups excluding carboxylic acids is 1. The van der Waals surface area contributed by atoms with Gasteiger partial charge in [-0.1, -0.05) is 44.5 Å². The monoisotopic (exact) mass is 502 g/mol. The van der Waals surface area contributed by atoms with E-state index in [1.54, 1.807) is 0 Å². The van der Waals surface area contributed by atoms with Gasteiger partial charge in [0.25, 0.3) is 5.91 Å². The first-order valence-corrected chi connectivity index (χ1v) is 13.0. The molecular formula is C30H35ClN4O. The number of aryl methyl sites for hydroxylation is 1. The van der Waals surface area contributed by atoms with Crippen LogP contribution in [0.5, 0.6) is 0 Å². The number of carbonyl (C=O) groups is 1. The number of allylic oxidation sites excluding steroid dienone is 3. The second kappa shape index (κ2) is 10.8. The molecule has 36 heavy (non-hydrogen) atoms. The SMILES string of the molecule is C=C1NC(C)=CC(CCC)=C1CNC(=O)c1cc(-c2ccc(CC)nc2)cc2c1c(Cl)cn2C(C)C. The van der Waals surface area contributed by atoms with Crippen molar-refractivity contribution in [3.63, 3.8) is 0 Å². The van der Waals surface area contributed by atoms with Crippen LogP contribution in [0.4, 0.5) is 0 Å². The molecule has 5 nitrogen and oxygen atoms in total. The summed E-state index contributed by atoms with van der Waals surface area (Å²) in [4.78, 5) is 18.2. The highest BCUT2D eigenvalue weighted by atomic mass is 35.5. The number of hydrogen-bond acceptors (Lipinski definition) is 3. The number of nitrogens with zero attached hydrogens (tertiary/aromatic N) is 2. The van der Waals surface area contributed by atoms with Crippen molar-refractivity contribution in [3.05, 3.63) is 88.1 Å². The van der Waals surface area contributed by atoms with Gasteiger partial charge in [-0.2, -0.15) is 0 Å². The lowest BCUT2D eigenvalue weighted by molar-refractivity contribution is 0.0959. The molecule has 3 aromatic rings. The van der Waals surface area contributed by atoms with Gasteiger partial charge in [0.2, 0.25) is 0 Å². The summed E-state index contributed by atoms with van der Waals surface area (Å²) in [6.45, 7) is 15.1. The molecule has 4 rings (SSSR count). The maximum Gasteiger partial charge on any atom is 0.252 e. The smallest absolute Gasteiger partial charge is 0.252 e. The Bertz CT molecular complexity index is 1380. The van der Waals surface area contributed by atoms with Crippen LogP contribution in [0.2, 0.25) is 5.02 Å². The molecule has 0 atom stereocenters. The predicted octanol–water partition coefficient (Wildman–Crippen LogP) is 7.35. The van der Waals surface area contributed by atoms with Gasteiger partial charge in [0.1, 0.15) is 0 Å². The van der Waals surface area contributed by atoms with Crippen molar-refractivity contribution < 1.29 is 4.79 Å². The van der Waals surface area contributed by atoms with Crippen LogP contribution in [-0.2, 0) is 6.42 Å². The van der Waals surface area contributed by atoms with Gasteiger partial charge in [0.15, 0.2) is 0 Å². The fourth-order valence-corrected chi connectivity index (χ4v) is 5.09. The third kappa shape index (κ3) is 5.12. The van der Waals surface area contributed by atoms with E-state index in [1.807, 2.05) is 31.5 Å². The number of amides is 1. The lowest BCUT2D eigenvalue weighted by Gasteiger charge is -2.23. The van der Waals surface area contributed by atoms with E-state index in [2.05, 4.69) is 72.7 Å². The van der Waals surface area contributed by atoms with Crippen molar-refractivity contribution in [2.75, 3.05) is 6.54 Å². The van der Waals surface area contributed by atoms with Gasteiger partial charge in [-0.25, -0.2) is 0 Å². The van der Waals surface area contributed by atoms with E-state index in [0.717, 1.165) is 64.0 Å². The standard InChI is InChI=1S/C30H35ClN4O/c1-7-9-21-12-19(5)34-20(6)26(21)16-33-30(36)25-13-23(22-10-11-24(8-2)32-15-22)14-28-29(25)27(31)17-35(28)18(3)4/h10-15,17-18,34H,6-9,16H2,1-5H3,(H,33,36). The Morgan fingerprint density at radius 3 is 2.64 bits per heavy atom. The Morgan fingerprint density at radius 2 is 2.00 bits per heavy atom. The van der Waals surface area contributed by atoms with Crippen molar-refractivity contribution >= 4 is 28.4 Å². The first kappa shape index (κ1) is 25.8. The number of nitrogens with one attached hydrogen (secondary N) is 2. The lowest BCUT2D eigenvalue weighted by Crippen LogP contribution is -2.30. The number of hydrogen-bond donors (Lipinski definition) is 2. The Balaban J connectivity index is 1.77. The number of dihydropyridines is 1. The first-order valence-electron chi connectivity index (χ1n) is 12.7. The van der Waals surface area contributed by atoms with E-state index in [-0.39, 0.29) is 11.9 Å².